The van der Waals surface area contributed by atoms with Crippen LogP contribution in [0.15, 0.2) is 17.1 Å². The first-order valence-corrected chi connectivity index (χ1v) is 7.04. The number of aliphatic imine (C=N–C) groups is 1. The van der Waals surface area contributed by atoms with Crippen molar-refractivity contribution in [2.45, 2.75) is 12.6 Å². The number of rotatable bonds is 2. The number of hydrogen-bond donors (Lipinski definition) is 3. The summed E-state index contributed by atoms with van der Waals surface area (Å²) in [7, 11) is 0. The number of amides is 3. The monoisotopic (exact) mass is 324 g/mol. The van der Waals surface area contributed by atoms with Gasteiger partial charge in [0.05, 0.1) is 29.1 Å². The molecule has 24 heavy (non-hydrogen) atoms. The number of hydrogen-bond acceptors (Lipinski definition) is 7. The molecular formula is C15H12N6O3. The van der Waals surface area contributed by atoms with Crippen LogP contribution in [0.2, 0.25) is 0 Å². The quantitative estimate of drug-likeness (QED) is 0.692. The van der Waals surface area contributed by atoms with Gasteiger partial charge in [-0.05, 0) is 19.1 Å². The van der Waals surface area contributed by atoms with Crippen LogP contribution in [0.5, 0.6) is 0 Å². The lowest BCUT2D eigenvalue weighted by Gasteiger charge is -2.47. The van der Waals surface area contributed by atoms with Crippen molar-refractivity contribution in [1.29, 1.82) is 10.5 Å². The number of imide groups is 1. The summed E-state index contributed by atoms with van der Waals surface area (Å²) >= 11 is 0. The van der Waals surface area contributed by atoms with E-state index in [0.29, 0.717) is 11.4 Å². The minimum Gasteiger partial charge on any atom is -0.395 e. The SMILES string of the molecule is CC12NC(=O)NC(=O)C1=Nc1cc(C#N)c(C#N)cc1N2CCO. The maximum absolute atomic E-state index is 12.2. The normalized spacial score (nSPS) is 21.5. The highest BCUT2D eigenvalue weighted by Gasteiger charge is 2.49. The number of anilines is 1. The van der Waals surface area contributed by atoms with Crippen LogP contribution in [0.25, 0.3) is 0 Å². The molecule has 3 amide bonds. The predicted octanol–water partition coefficient (Wildman–Crippen LogP) is -0.130. The second-order valence-corrected chi connectivity index (χ2v) is 5.43. The molecule has 0 spiro atoms. The van der Waals surface area contributed by atoms with Gasteiger partial charge in [-0.1, -0.05) is 0 Å². The van der Waals surface area contributed by atoms with E-state index in [1.807, 2.05) is 12.1 Å². The van der Waals surface area contributed by atoms with E-state index in [-0.39, 0.29) is 30.0 Å². The molecule has 1 atom stereocenters. The van der Waals surface area contributed by atoms with Crippen molar-refractivity contribution in [1.82, 2.24) is 10.6 Å². The van der Waals surface area contributed by atoms with Gasteiger partial charge in [-0.25, -0.2) is 9.79 Å². The van der Waals surface area contributed by atoms with Gasteiger partial charge in [0.1, 0.15) is 12.1 Å². The number of nitrogens with zero attached hydrogens (tertiary/aromatic N) is 4. The molecule has 3 rings (SSSR count). The predicted molar refractivity (Wildman–Crippen MR) is 82.5 cm³/mol. The van der Waals surface area contributed by atoms with E-state index in [0.717, 1.165) is 0 Å². The van der Waals surface area contributed by atoms with Gasteiger partial charge in [0.15, 0.2) is 11.4 Å². The van der Waals surface area contributed by atoms with Crippen LogP contribution < -0.4 is 15.5 Å². The van der Waals surface area contributed by atoms with Gasteiger partial charge in [0, 0.05) is 6.54 Å². The molecule has 0 aromatic heterocycles. The summed E-state index contributed by atoms with van der Waals surface area (Å²) < 4.78 is 0. The third kappa shape index (κ3) is 2.07. The minimum atomic E-state index is -1.27. The van der Waals surface area contributed by atoms with E-state index in [4.69, 9.17) is 5.26 Å². The molecule has 2 aliphatic heterocycles. The molecule has 1 fully saturated rings. The average Bonchev–Trinajstić information content (AvgIpc) is 2.54. The Kier molecular flexibility index (Phi) is 3.44. The van der Waals surface area contributed by atoms with Crippen LogP contribution in [-0.4, -0.2) is 41.6 Å². The lowest BCUT2D eigenvalue weighted by atomic mass is 9.94. The second-order valence-electron chi connectivity index (χ2n) is 5.43. The maximum atomic E-state index is 12.2. The van der Waals surface area contributed by atoms with Crippen molar-refractivity contribution >= 4 is 29.0 Å². The van der Waals surface area contributed by atoms with Gasteiger partial charge in [0.2, 0.25) is 0 Å². The lowest BCUT2D eigenvalue weighted by molar-refractivity contribution is -0.114. The van der Waals surface area contributed by atoms with Crippen molar-refractivity contribution in [3.63, 3.8) is 0 Å². The number of benzene rings is 1. The molecule has 2 heterocycles. The minimum absolute atomic E-state index is 0.0386. The van der Waals surface area contributed by atoms with Crippen LogP contribution in [0, 0.1) is 22.7 Å². The number of β-amino-alcohol motifs (C(OH)–C–C–N with tert-alkyl or cyclic N) is 1. The molecule has 1 unspecified atom stereocenters. The van der Waals surface area contributed by atoms with Crippen molar-refractivity contribution in [2.75, 3.05) is 18.1 Å². The largest absolute Gasteiger partial charge is 0.395 e. The average molecular weight is 324 g/mol. The van der Waals surface area contributed by atoms with Gasteiger partial charge in [-0.2, -0.15) is 10.5 Å². The second kappa shape index (κ2) is 5.33. The zero-order valence-corrected chi connectivity index (χ0v) is 12.6. The van der Waals surface area contributed by atoms with Gasteiger partial charge in [0.25, 0.3) is 5.91 Å². The molecule has 2 aliphatic rings. The number of fused-ring (bicyclic) bond motifs is 2. The van der Waals surface area contributed by atoms with E-state index in [1.165, 1.54) is 12.1 Å². The van der Waals surface area contributed by atoms with Crippen LogP contribution in [0.4, 0.5) is 16.2 Å². The zero-order valence-electron chi connectivity index (χ0n) is 12.6. The summed E-state index contributed by atoms with van der Waals surface area (Å²) in [6.07, 6.45) is 0. The summed E-state index contributed by atoms with van der Waals surface area (Å²) in [6, 6.07) is 6.05. The van der Waals surface area contributed by atoms with Crippen LogP contribution in [-0.2, 0) is 4.79 Å². The summed E-state index contributed by atoms with van der Waals surface area (Å²) in [6.45, 7) is 1.43. The lowest BCUT2D eigenvalue weighted by Crippen LogP contribution is -2.74. The molecule has 120 valence electrons. The molecule has 9 heteroatoms. The van der Waals surface area contributed by atoms with E-state index < -0.39 is 17.6 Å². The first kappa shape index (κ1) is 15.5. The Bertz CT molecular complexity index is 878. The van der Waals surface area contributed by atoms with Crippen LogP contribution >= 0.6 is 0 Å². The van der Waals surface area contributed by atoms with E-state index >= 15 is 0 Å². The smallest absolute Gasteiger partial charge is 0.323 e. The number of aliphatic hydroxyl groups is 1. The zero-order chi connectivity index (χ0) is 17.5. The van der Waals surface area contributed by atoms with Crippen LogP contribution in [0.1, 0.15) is 18.1 Å². The first-order valence-electron chi connectivity index (χ1n) is 7.04. The van der Waals surface area contributed by atoms with Crippen molar-refractivity contribution in [3.05, 3.63) is 23.3 Å². The van der Waals surface area contributed by atoms with Crippen molar-refractivity contribution < 1.29 is 14.7 Å². The molecule has 1 aromatic rings. The molecule has 0 radical (unpaired) electrons. The van der Waals surface area contributed by atoms with E-state index in [1.54, 1.807) is 11.8 Å². The molecule has 1 aromatic carbocycles. The van der Waals surface area contributed by atoms with Crippen LogP contribution in [0.3, 0.4) is 0 Å². The Labute approximate surface area is 136 Å². The Hall–Kier alpha value is -3.43. The number of nitrogens with one attached hydrogen (secondary N) is 2. The maximum Gasteiger partial charge on any atom is 0.323 e. The third-order valence-corrected chi connectivity index (χ3v) is 4.00. The molecule has 0 aliphatic carbocycles. The molecule has 1 saturated heterocycles. The van der Waals surface area contributed by atoms with Crippen molar-refractivity contribution in [3.8, 4) is 12.1 Å². The summed E-state index contributed by atoms with van der Waals surface area (Å²) in [5.74, 6) is -0.655. The molecule has 0 bridgehead atoms. The highest BCUT2D eigenvalue weighted by molar-refractivity contribution is 6.47. The number of carbonyl (C=O) groups is 2. The topological polar surface area (TPSA) is 142 Å². The Morgan fingerprint density at radius 2 is 1.96 bits per heavy atom. The van der Waals surface area contributed by atoms with E-state index in [9.17, 15) is 20.0 Å². The van der Waals surface area contributed by atoms with Gasteiger partial charge < -0.3 is 15.3 Å². The fourth-order valence-corrected chi connectivity index (χ4v) is 2.92. The van der Waals surface area contributed by atoms with E-state index in [2.05, 4.69) is 15.6 Å². The Morgan fingerprint density at radius 1 is 1.29 bits per heavy atom. The standard InChI is InChI=1S/C15H12N6O3/c1-15-12(13(23)19-14(24)20-15)18-10-4-8(6-16)9(7-17)5-11(10)21(15)2-3-22/h4-5,22H,2-3H2,1H3,(H2,19,20,23,24). The number of urea groups is 1. The Balaban J connectivity index is 2.28. The molecular weight excluding hydrogens is 312 g/mol. The summed E-state index contributed by atoms with van der Waals surface area (Å²) in [5, 5.41) is 32.5. The third-order valence-electron chi connectivity index (χ3n) is 4.00. The highest BCUT2D eigenvalue weighted by atomic mass is 16.3. The van der Waals surface area contributed by atoms with Gasteiger partial charge in [-0.15, -0.1) is 0 Å². The van der Waals surface area contributed by atoms with Gasteiger partial charge in [-0.3, -0.25) is 10.1 Å². The molecule has 0 saturated carbocycles. The number of aliphatic hydroxyl groups excluding tert-OH is 1. The Morgan fingerprint density at radius 3 is 2.58 bits per heavy atom. The highest BCUT2D eigenvalue weighted by Crippen LogP contribution is 2.40. The molecule has 9 nitrogen and oxygen atoms in total. The fourth-order valence-electron chi connectivity index (χ4n) is 2.92. The summed E-state index contributed by atoms with van der Waals surface area (Å²) in [5.41, 5.74) is -0.188. The first-order chi connectivity index (χ1) is 11.4. The molecule has 3 N–H and O–H groups in total. The van der Waals surface area contributed by atoms with Crippen molar-refractivity contribution in [2.24, 2.45) is 4.99 Å². The number of carbonyl (C=O) groups excluding carboxylic acids is 2. The summed E-state index contributed by atoms with van der Waals surface area (Å²) in [4.78, 5) is 29.8. The fraction of sp³-hybridized carbons (Fsp3) is 0.267. The number of nitriles is 2. The van der Waals surface area contributed by atoms with Gasteiger partial charge >= 0.3 is 6.03 Å².